The zero-order valence-electron chi connectivity index (χ0n) is 13.5. The molecule has 0 spiro atoms. The number of nitriles is 1. The predicted molar refractivity (Wildman–Crippen MR) is 93.2 cm³/mol. The van der Waals surface area contributed by atoms with Crippen LogP contribution in [0, 0.1) is 11.3 Å². The number of hydrogen-bond donors (Lipinski definition) is 0. The molecule has 0 fully saturated rings. The van der Waals surface area contributed by atoms with Gasteiger partial charge in [0.1, 0.15) is 24.1 Å². The second kappa shape index (κ2) is 9.42. The van der Waals surface area contributed by atoms with Gasteiger partial charge < -0.3 is 4.74 Å². The molecule has 1 heterocycles. The highest BCUT2D eigenvalue weighted by Crippen LogP contribution is 2.21. The van der Waals surface area contributed by atoms with Crippen LogP contribution in [-0.2, 0) is 0 Å². The van der Waals surface area contributed by atoms with Crippen molar-refractivity contribution in [2.24, 2.45) is 0 Å². The second-order valence-corrected chi connectivity index (χ2v) is 5.35. The van der Waals surface area contributed by atoms with Crippen LogP contribution in [0.4, 0.5) is 0 Å². The average molecular weight is 306 g/mol. The van der Waals surface area contributed by atoms with E-state index in [0.29, 0.717) is 12.3 Å². The third-order valence-electron chi connectivity index (χ3n) is 3.55. The van der Waals surface area contributed by atoms with Crippen LogP contribution in [0.25, 0.3) is 11.1 Å². The first-order valence-electron chi connectivity index (χ1n) is 8.08. The maximum Gasteiger partial charge on any atom is 0.140 e. The van der Waals surface area contributed by atoms with Crippen LogP contribution in [0.5, 0.6) is 5.75 Å². The number of aromatic nitrogens is 1. The topological polar surface area (TPSA) is 45.9 Å². The summed E-state index contributed by atoms with van der Waals surface area (Å²) in [7, 11) is 0. The van der Waals surface area contributed by atoms with E-state index in [-0.39, 0.29) is 0 Å². The van der Waals surface area contributed by atoms with E-state index in [1.54, 1.807) is 12.3 Å². The average Bonchev–Trinajstić information content (AvgIpc) is 2.61. The summed E-state index contributed by atoms with van der Waals surface area (Å²) < 4.78 is 5.69. The molecule has 2 aromatic rings. The number of nitrogens with zero attached hydrogens (tertiary/aromatic N) is 2. The minimum Gasteiger partial charge on any atom is -0.490 e. The number of hydrogen-bond acceptors (Lipinski definition) is 3. The van der Waals surface area contributed by atoms with E-state index < -0.39 is 0 Å². The molecule has 0 aliphatic carbocycles. The first kappa shape index (κ1) is 16.8. The van der Waals surface area contributed by atoms with Gasteiger partial charge in [0.05, 0.1) is 0 Å². The van der Waals surface area contributed by atoms with Gasteiger partial charge in [-0.25, -0.2) is 4.98 Å². The summed E-state index contributed by atoms with van der Waals surface area (Å²) in [5.41, 5.74) is 2.48. The van der Waals surface area contributed by atoms with Crippen LogP contribution >= 0.6 is 0 Å². The molecule has 0 radical (unpaired) electrons. The fourth-order valence-corrected chi connectivity index (χ4v) is 2.22. The van der Waals surface area contributed by atoms with Gasteiger partial charge in [0.25, 0.3) is 0 Å². The van der Waals surface area contributed by atoms with E-state index >= 15 is 0 Å². The lowest BCUT2D eigenvalue weighted by atomic mass is 10.1. The molecule has 0 aliphatic rings. The Morgan fingerprint density at radius 3 is 2.48 bits per heavy atom. The lowest BCUT2D eigenvalue weighted by Crippen LogP contribution is -1.93. The first-order valence-corrected chi connectivity index (χ1v) is 8.08. The smallest absolute Gasteiger partial charge is 0.140 e. The van der Waals surface area contributed by atoms with E-state index in [2.05, 4.69) is 24.1 Å². The van der Waals surface area contributed by atoms with E-state index in [1.807, 2.05) is 36.4 Å². The Morgan fingerprint density at radius 1 is 1.04 bits per heavy atom. The molecule has 0 N–H and O–H groups in total. The van der Waals surface area contributed by atoms with Crippen molar-refractivity contribution < 1.29 is 4.74 Å². The molecule has 0 saturated carbocycles. The van der Waals surface area contributed by atoms with Crippen molar-refractivity contribution in [3.05, 3.63) is 60.4 Å². The van der Waals surface area contributed by atoms with Crippen LogP contribution in [0.3, 0.4) is 0 Å². The predicted octanol–water partition coefficient (Wildman–Crippen LogP) is 5.14. The summed E-state index contributed by atoms with van der Waals surface area (Å²) in [4.78, 5) is 4.09. The fourth-order valence-electron chi connectivity index (χ4n) is 2.22. The summed E-state index contributed by atoms with van der Waals surface area (Å²) in [6, 6.07) is 13.6. The SMILES string of the molecule is CCCCCC=CCOc1ccc(-c2ccc(C#N)nc2)cc1. The van der Waals surface area contributed by atoms with Crippen LogP contribution in [-0.4, -0.2) is 11.6 Å². The minimum atomic E-state index is 0.430. The van der Waals surface area contributed by atoms with Crippen LogP contribution in [0.1, 0.15) is 38.3 Å². The van der Waals surface area contributed by atoms with Crippen LogP contribution in [0.2, 0.25) is 0 Å². The lowest BCUT2D eigenvalue weighted by molar-refractivity contribution is 0.362. The molecule has 1 aromatic carbocycles. The van der Waals surface area contributed by atoms with Crippen molar-refractivity contribution in [1.29, 1.82) is 5.26 Å². The van der Waals surface area contributed by atoms with Crippen molar-refractivity contribution in [3.8, 4) is 22.9 Å². The maximum absolute atomic E-state index is 8.76. The van der Waals surface area contributed by atoms with Crippen molar-refractivity contribution in [2.45, 2.75) is 32.6 Å². The van der Waals surface area contributed by atoms with Gasteiger partial charge in [-0.2, -0.15) is 5.26 Å². The number of rotatable bonds is 8. The Hall–Kier alpha value is -2.60. The van der Waals surface area contributed by atoms with Crippen molar-refractivity contribution >= 4 is 0 Å². The summed E-state index contributed by atoms with van der Waals surface area (Å²) in [6.07, 6.45) is 10.9. The highest BCUT2D eigenvalue weighted by Gasteiger charge is 2.00. The largest absolute Gasteiger partial charge is 0.490 e. The molecular formula is C20H22N2O. The summed E-state index contributed by atoms with van der Waals surface area (Å²) >= 11 is 0. The highest BCUT2D eigenvalue weighted by molar-refractivity contribution is 5.63. The Bertz CT molecular complexity index is 652. The molecule has 2 rings (SSSR count). The molecule has 118 valence electrons. The zero-order valence-corrected chi connectivity index (χ0v) is 13.5. The Kier molecular flexibility index (Phi) is 6.87. The monoisotopic (exact) mass is 306 g/mol. The highest BCUT2D eigenvalue weighted by atomic mass is 16.5. The molecule has 1 aromatic heterocycles. The summed E-state index contributed by atoms with van der Waals surface area (Å²) in [5.74, 6) is 0.855. The molecule has 0 aliphatic heterocycles. The van der Waals surface area contributed by atoms with Crippen LogP contribution < -0.4 is 4.74 Å². The summed E-state index contributed by atoms with van der Waals surface area (Å²) in [5, 5.41) is 8.76. The number of pyridine rings is 1. The zero-order chi connectivity index (χ0) is 16.3. The lowest BCUT2D eigenvalue weighted by Gasteiger charge is -2.05. The van der Waals surface area contributed by atoms with Gasteiger partial charge in [-0.3, -0.25) is 0 Å². The van der Waals surface area contributed by atoms with Crippen LogP contribution in [0.15, 0.2) is 54.7 Å². The first-order chi connectivity index (χ1) is 11.3. The number of unbranched alkanes of at least 4 members (excludes halogenated alkanes) is 3. The Morgan fingerprint density at radius 2 is 1.83 bits per heavy atom. The van der Waals surface area contributed by atoms with Gasteiger partial charge in [0.15, 0.2) is 0 Å². The Labute approximate surface area is 138 Å². The molecule has 23 heavy (non-hydrogen) atoms. The molecule has 3 nitrogen and oxygen atoms in total. The maximum atomic E-state index is 8.76. The molecule has 0 atom stereocenters. The molecule has 0 saturated heterocycles. The number of allylic oxidation sites excluding steroid dienone is 1. The number of ether oxygens (including phenoxy) is 1. The van der Waals surface area contributed by atoms with Gasteiger partial charge in [-0.05, 0) is 42.7 Å². The number of benzene rings is 1. The van der Waals surface area contributed by atoms with Crippen molar-refractivity contribution in [3.63, 3.8) is 0 Å². The minimum absolute atomic E-state index is 0.430. The second-order valence-electron chi connectivity index (χ2n) is 5.35. The third kappa shape index (κ3) is 5.60. The molecule has 0 unspecified atom stereocenters. The van der Waals surface area contributed by atoms with Crippen molar-refractivity contribution in [1.82, 2.24) is 4.98 Å². The summed E-state index contributed by atoms with van der Waals surface area (Å²) in [6.45, 7) is 2.81. The molecule has 3 heteroatoms. The van der Waals surface area contributed by atoms with E-state index in [4.69, 9.17) is 10.00 Å². The third-order valence-corrected chi connectivity index (χ3v) is 3.55. The molecular weight excluding hydrogens is 284 g/mol. The quantitative estimate of drug-likeness (QED) is 0.501. The normalized spacial score (nSPS) is 10.6. The standard InChI is InChI=1S/C20H22N2O/c1-2-3-4-5-6-7-14-23-20-12-9-17(10-13-20)18-8-11-19(15-21)22-16-18/h6-13,16H,2-5,14H2,1H3. The van der Waals surface area contributed by atoms with E-state index in [1.165, 1.54) is 19.3 Å². The van der Waals surface area contributed by atoms with E-state index in [0.717, 1.165) is 23.3 Å². The van der Waals surface area contributed by atoms with Crippen molar-refractivity contribution in [2.75, 3.05) is 6.61 Å². The molecule has 0 amide bonds. The molecule has 0 bridgehead atoms. The van der Waals surface area contributed by atoms with Gasteiger partial charge in [-0.15, -0.1) is 0 Å². The Balaban J connectivity index is 1.83. The van der Waals surface area contributed by atoms with Gasteiger partial charge >= 0.3 is 0 Å². The van der Waals surface area contributed by atoms with E-state index in [9.17, 15) is 0 Å². The fraction of sp³-hybridized carbons (Fsp3) is 0.300. The van der Waals surface area contributed by atoms with Gasteiger partial charge in [0, 0.05) is 11.8 Å². The van der Waals surface area contributed by atoms with Gasteiger partial charge in [0.2, 0.25) is 0 Å². The van der Waals surface area contributed by atoms with Gasteiger partial charge in [-0.1, -0.05) is 44.1 Å².